The SMILES string of the molecule is O=C(NCc1cccnc1)N1CCN(S(=O)(=O)c2ccccc2F)CC1. The summed E-state index contributed by atoms with van der Waals surface area (Å²) in [6.07, 6.45) is 3.32. The standard InChI is InChI=1S/C17H19FN4O3S/c18-15-5-1-2-6-16(15)26(24,25)22-10-8-21(9-11-22)17(23)20-13-14-4-3-7-19-12-14/h1-7,12H,8-11,13H2,(H,20,23). The van der Waals surface area contributed by atoms with Gasteiger partial charge in [-0.3, -0.25) is 4.98 Å². The monoisotopic (exact) mass is 378 g/mol. The van der Waals surface area contributed by atoms with Gasteiger partial charge in [-0.2, -0.15) is 4.31 Å². The van der Waals surface area contributed by atoms with Gasteiger partial charge in [-0.05, 0) is 23.8 Å². The maximum absolute atomic E-state index is 13.8. The van der Waals surface area contributed by atoms with E-state index in [0.717, 1.165) is 11.6 Å². The molecule has 0 saturated carbocycles. The molecule has 0 unspecified atom stereocenters. The van der Waals surface area contributed by atoms with Crippen LogP contribution in [0.3, 0.4) is 0 Å². The average Bonchev–Trinajstić information content (AvgIpc) is 2.67. The van der Waals surface area contributed by atoms with E-state index >= 15 is 0 Å². The van der Waals surface area contributed by atoms with Gasteiger partial charge in [0.2, 0.25) is 10.0 Å². The minimum atomic E-state index is -3.91. The van der Waals surface area contributed by atoms with Crippen LogP contribution >= 0.6 is 0 Å². The Balaban J connectivity index is 1.57. The van der Waals surface area contributed by atoms with Crippen molar-refractivity contribution in [1.82, 2.24) is 19.5 Å². The van der Waals surface area contributed by atoms with E-state index in [1.54, 1.807) is 23.4 Å². The largest absolute Gasteiger partial charge is 0.334 e. The fourth-order valence-electron chi connectivity index (χ4n) is 2.72. The molecule has 7 nitrogen and oxygen atoms in total. The van der Waals surface area contributed by atoms with Gasteiger partial charge in [0.15, 0.2) is 0 Å². The van der Waals surface area contributed by atoms with Crippen LogP contribution in [0, 0.1) is 5.82 Å². The highest BCUT2D eigenvalue weighted by atomic mass is 32.2. The molecule has 1 fully saturated rings. The normalized spacial score (nSPS) is 15.7. The molecule has 1 aromatic carbocycles. The van der Waals surface area contributed by atoms with Crippen LogP contribution in [0.1, 0.15) is 5.56 Å². The molecule has 0 aliphatic carbocycles. The number of pyridine rings is 1. The molecule has 2 heterocycles. The summed E-state index contributed by atoms with van der Waals surface area (Å²) in [5.41, 5.74) is 0.876. The number of amides is 2. The van der Waals surface area contributed by atoms with Crippen molar-refractivity contribution in [3.8, 4) is 0 Å². The van der Waals surface area contributed by atoms with Gasteiger partial charge in [0.25, 0.3) is 0 Å². The topological polar surface area (TPSA) is 82.6 Å². The number of urea groups is 1. The predicted molar refractivity (Wildman–Crippen MR) is 93.2 cm³/mol. The maximum atomic E-state index is 13.8. The lowest BCUT2D eigenvalue weighted by molar-refractivity contribution is 0.172. The number of halogens is 1. The van der Waals surface area contributed by atoms with Crippen LogP contribution in [0.15, 0.2) is 53.7 Å². The minimum absolute atomic E-state index is 0.122. The molecule has 1 N–H and O–H groups in total. The fourth-order valence-corrected chi connectivity index (χ4v) is 4.20. The quantitative estimate of drug-likeness (QED) is 0.873. The van der Waals surface area contributed by atoms with Crippen molar-refractivity contribution < 1.29 is 17.6 Å². The van der Waals surface area contributed by atoms with Gasteiger partial charge in [-0.25, -0.2) is 17.6 Å². The Hall–Kier alpha value is -2.52. The number of carbonyl (C=O) groups is 1. The van der Waals surface area contributed by atoms with Crippen LogP contribution in [0.25, 0.3) is 0 Å². The van der Waals surface area contributed by atoms with Crippen molar-refractivity contribution >= 4 is 16.1 Å². The molecule has 0 atom stereocenters. The van der Waals surface area contributed by atoms with E-state index in [4.69, 9.17) is 0 Å². The Morgan fingerprint density at radius 1 is 1.12 bits per heavy atom. The van der Waals surface area contributed by atoms with Crippen molar-refractivity contribution in [1.29, 1.82) is 0 Å². The Bertz CT molecular complexity index is 869. The second kappa shape index (κ2) is 7.79. The molecule has 0 spiro atoms. The highest BCUT2D eigenvalue weighted by Crippen LogP contribution is 2.20. The van der Waals surface area contributed by atoms with E-state index in [2.05, 4.69) is 10.3 Å². The zero-order valence-corrected chi connectivity index (χ0v) is 14.8. The van der Waals surface area contributed by atoms with E-state index in [0.29, 0.717) is 6.54 Å². The second-order valence-electron chi connectivity index (χ2n) is 5.84. The number of aromatic nitrogens is 1. The van der Waals surface area contributed by atoms with E-state index in [1.807, 2.05) is 6.07 Å². The molecule has 9 heteroatoms. The van der Waals surface area contributed by atoms with Crippen molar-refractivity contribution in [2.24, 2.45) is 0 Å². The molecule has 0 bridgehead atoms. The zero-order valence-electron chi connectivity index (χ0n) is 14.0. The molecule has 26 heavy (non-hydrogen) atoms. The molecule has 138 valence electrons. The number of hydrogen-bond acceptors (Lipinski definition) is 4. The number of benzene rings is 1. The van der Waals surface area contributed by atoms with Crippen LogP contribution in [0.5, 0.6) is 0 Å². The lowest BCUT2D eigenvalue weighted by Gasteiger charge is -2.34. The fraction of sp³-hybridized carbons (Fsp3) is 0.294. The number of sulfonamides is 1. The Morgan fingerprint density at radius 3 is 2.50 bits per heavy atom. The summed E-state index contributed by atoms with van der Waals surface area (Å²) >= 11 is 0. The summed E-state index contributed by atoms with van der Waals surface area (Å²) < 4.78 is 40.1. The van der Waals surface area contributed by atoms with Gasteiger partial charge in [-0.1, -0.05) is 18.2 Å². The molecule has 0 radical (unpaired) electrons. The van der Waals surface area contributed by atoms with E-state index in [1.165, 1.54) is 22.5 Å². The van der Waals surface area contributed by atoms with Crippen molar-refractivity contribution in [2.45, 2.75) is 11.4 Å². The molecule has 1 aromatic heterocycles. The second-order valence-corrected chi connectivity index (χ2v) is 7.75. The van der Waals surface area contributed by atoms with Gasteiger partial charge < -0.3 is 10.2 Å². The van der Waals surface area contributed by atoms with E-state index in [9.17, 15) is 17.6 Å². The first-order chi connectivity index (χ1) is 12.5. The molecular formula is C17H19FN4O3S. The zero-order chi connectivity index (χ0) is 18.6. The van der Waals surface area contributed by atoms with E-state index in [-0.39, 0.29) is 37.1 Å². The highest BCUT2D eigenvalue weighted by Gasteiger charge is 2.31. The third-order valence-corrected chi connectivity index (χ3v) is 6.08. The third-order valence-electron chi connectivity index (χ3n) is 4.15. The van der Waals surface area contributed by atoms with Crippen molar-refractivity contribution in [2.75, 3.05) is 26.2 Å². The number of nitrogens with one attached hydrogen (secondary N) is 1. The summed E-state index contributed by atoms with van der Waals surface area (Å²) in [4.78, 5) is 17.4. The van der Waals surface area contributed by atoms with Gasteiger partial charge in [0.05, 0.1) is 0 Å². The molecule has 2 aromatic rings. The minimum Gasteiger partial charge on any atom is -0.334 e. The molecule has 1 saturated heterocycles. The number of hydrogen-bond donors (Lipinski definition) is 1. The lowest BCUT2D eigenvalue weighted by atomic mass is 10.3. The number of piperazine rings is 1. The summed E-state index contributed by atoms with van der Waals surface area (Å²) in [5.74, 6) is -0.774. The van der Waals surface area contributed by atoms with Crippen molar-refractivity contribution in [3.63, 3.8) is 0 Å². The number of nitrogens with zero attached hydrogens (tertiary/aromatic N) is 3. The average molecular weight is 378 g/mol. The number of rotatable bonds is 4. The van der Waals surface area contributed by atoms with Crippen LogP contribution in [-0.4, -0.2) is 54.8 Å². The highest BCUT2D eigenvalue weighted by molar-refractivity contribution is 7.89. The summed E-state index contributed by atoms with van der Waals surface area (Å²) in [6.45, 7) is 1.08. The Kier molecular flexibility index (Phi) is 5.48. The van der Waals surface area contributed by atoms with Crippen LogP contribution in [0.4, 0.5) is 9.18 Å². The first-order valence-corrected chi connectivity index (χ1v) is 9.59. The third kappa shape index (κ3) is 4.00. The maximum Gasteiger partial charge on any atom is 0.317 e. The summed E-state index contributed by atoms with van der Waals surface area (Å²) in [7, 11) is -3.91. The first-order valence-electron chi connectivity index (χ1n) is 8.15. The molecule has 1 aliphatic rings. The molecule has 3 rings (SSSR count). The van der Waals surface area contributed by atoms with Gasteiger partial charge in [0.1, 0.15) is 10.7 Å². The van der Waals surface area contributed by atoms with Crippen LogP contribution < -0.4 is 5.32 Å². The summed E-state index contributed by atoms with van der Waals surface area (Å²) in [5, 5.41) is 2.78. The van der Waals surface area contributed by atoms with Gasteiger partial charge in [0, 0.05) is 45.1 Å². The Labute approximate surface area is 151 Å². The predicted octanol–water partition coefficient (Wildman–Crippen LogP) is 1.44. The van der Waals surface area contributed by atoms with Crippen LogP contribution in [0.2, 0.25) is 0 Å². The summed E-state index contributed by atoms with van der Waals surface area (Å²) in [6, 6.07) is 8.67. The smallest absolute Gasteiger partial charge is 0.317 e. The molecular weight excluding hydrogens is 359 g/mol. The lowest BCUT2D eigenvalue weighted by Crippen LogP contribution is -2.53. The number of carbonyl (C=O) groups excluding carboxylic acids is 1. The Morgan fingerprint density at radius 2 is 1.85 bits per heavy atom. The van der Waals surface area contributed by atoms with Crippen LogP contribution in [-0.2, 0) is 16.6 Å². The van der Waals surface area contributed by atoms with Gasteiger partial charge in [-0.15, -0.1) is 0 Å². The van der Waals surface area contributed by atoms with Crippen molar-refractivity contribution in [3.05, 3.63) is 60.2 Å². The first kappa shape index (κ1) is 18.3. The molecule has 1 aliphatic heterocycles. The molecule has 2 amide bonds. The van der Waals surface area contributed by atoms with Gasteiger partial charge >= 0.3 is 6.03 Å². The van der Waals surface area contributed by atoms with E-state index < -0.39 is 15.8 Å².